The highest BCUT2D eigenvalue weighted by atomic mass is 32.2. The summed E-state index contributed by atoms with van der Waals surface area (Å²) >= 11 is 1.42. The van der Waals surface area contributed by atoms with Gasteiger partial charge in [-0.1, -0.05) is 55.4 Å². The maximum absolute atomic E-state index is 12.4. The van der Waals surface area contributed by atoms with Crippen LogP contribution in [0.25, 0.3) is 0 Å². The summed E-state index contributed by atoms with van der Waals surface area (Å²) in [6.07, 6.45) is 8.46. The van der Waals surface area contributed by atoms with Crippen LogP contribution in [0.2, 0.25) is 0 Å². The minimum atomic E-state index is -0.0229. The number of aromatic nitrogens is 3. The molecule has 1 amide bonds. The zero-order valence-corrected chi connectivity index (χ0v) is 18.6. The molecule has 7 heteroatoms. The van der Waals surface area contributed by atoms with E-state index in [-0.39, 0.29) is 5.91 Å². The number of nitrogens with one attached hydrogen (secondary N) is 1. The third-order valence-electron chi connectivity index (χ3n) is 4.84. The third-order valence-corrected chi connectivity index (χ3v) is 5.81. The molecule has 160 valence electrons. The van der Waals surface area contributed by atoms with Gasteiger partial charge >= 0.3 is 0 Å². The molecule has 0 saturated carbocycles. The summed E-state index contributed by atoms with van der Waals surface area (Å²) in [6, 6.07) is 10.2. The number of carbonyl (C=O) groups excluding carboxylic acids is 1. The first-order valence-corrected chi connectivity index (χ1v) is 11.6. The summed E-state index contributed by atoms with van der Waals surface area (Å²) in [7, 11) is 0. The predicted octanol–water partition coefficient (Wildman–Crippen LogP) is 4.48. The topological polar surface area (TPSA) is 69.0 Å². The van der Waals surface area contributed by atoms with E-state index in [2.05, 4.69) is 46.1 Å². The molecule has 1 N–H and O–H groups in total. The average molecular weight is 427 g/mol. The minimum Gasteiger partial charge on any atom is -0.498 e. The minimum absolute atomic E-state index is 0.0229. The second-order valence-electron chi connectivity index (χ2n) is 7.17. The van der Waals surface area contributed by atoms with Crippen molar-refractivity contribution in [3.05, 3.63) is 65.3 Å². The Morgan fingerprint density at radius 2 is 2.00 bits per heavy atom. The molecular formula is C23H30N4O2S. The van der Waals surface area contributed by atoms with Crippen molar-refractivity contribution < 1.29 is 9.53 Å². The van der Waals surface area contributed by atoms with Gasteiger partial charge in [-0.3, -0.25) is 4.79 Å². The molecule has 1 aromatic carbocycles. The summed E-state index contributed by atoms with van der Waals surface area (Å²) in [5, 5.41) is 12.4. The Hall–Kier alpha value is -2.54. The Balaban J connectivity index is 1.50. The number of nitrogens with zero attached hydrogens (tertiary/aromatic N) is 3. The van der Waals surface area contributed by atoms with Crippen molar-refractivity contribution in [3.8, 4) is 0 Å². The van der Waals surface area contributed by atoms with Crippen LogP contribution in [0.15, 0.2) is 59.1 Å². The molecule has 0 fully saturated rings. The smallest absolute Gasteiger partial charge is 0.234 e. The fourth-order valence-electron chi connectivity index (χ4n) is 3.19. The molecule has 1 aromatic heterocycles. The molecule has 1 aliphatic rings. The SMILES string of the molecule is CCCCOC1=CC=C(NC(=O)CSc2nnc(Cc3ccccc3)n2CC)CC1. The largest absolute Gasteiger partial charge is 0.498 e. The Morgan fingerprint density at radius 3 is 2.70 bits per heavy atom. The predicted molar refractivity (Wildman–Crippen MR) is 120 cm³/mol. The standard InChI is InChI=1S/C23H30N4O2S/c1-3-5-15-29-20-13-11-19(12-14-20)24-22(28)17-30-23-26-25-21(27(23)4-2)16-18-9-7-6-8-10-18/h6-11,13H,3-5,12,14-17H2,1-2H3,(H,24,28). The van der Waals surface area contributed by atoms with Gasteiger partial charge in [-0.15, -0.1) is 10.2 Å². The molecule has 0 atom stereocenters. The molecule has 0 saturated heterocycles. The van der Waals surface area contributed by atoms with Crippen molar-refractivity contribution >= 4 is 17.7 Å². The molecule has 3 rings (SSSR count). The first-order chi connectivity index (χ1) is 14.7. The average Bonchev–Trinajstić information content (AvgIpc) is 3.16. The number of benzene rings is 1. The van der Waals surface area contributed by atoms with Crippen LogP contribution < -0.4 is 5.32 Å². The highest BCUT2D eigenvalue weighted by molar-refractivity contribution is 7.99. The maximum Gasteiger partial charge on any atom is 0.234 e. The highest BCUT2D eigenvalue weighted by Crippen LogP contribution is 2.20. The molecule has 30 heavy (non-hydrogen) atoms. The fourth-order valence-corrected chi connectivity index (χ4v) is 4.01. The number of hydrogen-bond acceptors (Lipinski definition) is 5. The molecule has 0 spiro atoms. The maximum atomic E-state index is 12.4. The second kappa shape index (κ2) is 11.6. The van der Waals surface area contributed by atoms with Crippen LogP contribution in [-0.2, 0) is 22.5 Å². The van der Waals surface area contributed by atoms with Crippen LogP contribution in [-0.4, -0.2) is 33.0 Å². The third kappa shape index (κ3) is 6.49. The number of hydrogen-bond donors (Lipinski definition) is 1. The number of rotatable bonds is 11. The molecule has 0 unspecified atom stereocenters. The quantitative estimate of drug-likeness (QED) is 0.424. The van der Waals surface area contributed by atoms with Gasteiger partial charge in [-0.25, -0.2) is 0 Å². The van der Waals surface area contributed by atoms with E-state index in [4.69, 9.17) is 4.74 Å². The lowest BCUT2D eigenvalue weighted by Gasteiger charge is -2.16. The second-order valence-corrected chi connectivity index (χ2v) is 8.11. The van der Waals surface area contributed by atoms with E-state index in [1.807, 2.05) is 30.4 Å². The number of allylic oxidation sites excluding steroid dienone is 4. The van der Waals surface area contributed by atoms with Crippen LogP contribution >= 0.6 is 11.8 Å². The first kappa shape index (κ1) is 22.2. The molecule has 6 nitrogen and oxygen atoms in total. The van der Waals surface area contributed by atoms with Crippen LogP contribution in [0.1, 0.15) is 50.9 Å². The first-order valence-electron chi connectivity index (χ1n) is 10.6. The van der Waals surface area contributed by atoms with E-state index in [0.717, 1.165) is 67.7 Å². The molecule has 2 aromatic rings. The van der Waals surface area contributed by atoms with Gasteiger partial charge in [0.15, 0.2) is 5.16 Å². The van der Waals surface area contributed by atoms with E-state index in [1.165, 1.54) is 17.3 Å². The molecule has 0 radical (unpaired) electrons. The van der Waals surface area contributed by atoms with Crippen LogP contribution in [0.5, 0.6) is 0 Å². The summed E-state index contributed by atoms with van der Waals surface area (Å²) in [4.78, 5) is 12.4. The van der Waals surface area contributed by atoms with Crippen LogP contribution in [0.3, 0.4) is 0 Å². The number of thioether (sulfide) groups is 1. The molecule has 0 bridgehead atoms. The highest BCUT2D eigenvalue weighted by Gasteiger charge is 2.15. The van der Waals surface area contributed by atoms with Crippen molar-refractivity contribution in [2.75, 3.05) is 12.4 Å². The fraction of sp³-hybridized carbons (Fsp3) is 0.435. The Morgan fingerprint density at radius 1 is 1.17 bits per heavy atom. The Labute approximate surface area is 182 Å². The van der Waals surface area contributed by atoms with Crippen molar-refractivity contribution in [2.45, 2.75) is 57.7 Å². The summed E-state index contributed by atoms with van der Waals surface area (Å²) < 4.78 is 7.81. The number of carbonyl (C=O) groups is 1. The van der Waals surface area contributed by atoms with Gasteiger partial charge < -0.3 is 14.6 Å². The summed E-state index contributed by atoms with van der Waals surface area (Å²) in [6.45, 7) is 5.76. The lowest BCUT2D eigenvalue weighted by molar-refractivity contribution is -0.117. The van der Waals surface area contributed by atoms with E-state index >= 15 is 0 Å². The Kier molecular flexibility index (Phi) is 8.56. The van der Waals surface area contributed by atoms with Gasteiger partial charge in [-0.2, -0.15) is 0 Å². The lowest BCUT2D eigenvalue weighted by Crippen LogP contribution is -2.25. The molecule has 1 aliphatic carbocycles. The van der Waals surface area contributed by atoms with Gasteiger partial charge in [0.25, 0.3) is 0 Å². The Bertz CT molecular complexity index is 890. The van der Waals surface area contributed by atoms with E-state index in [9.17, 15) is 4.79 Å². The normalized spacial score (nSPS) is 13.5. The van der Waals surface area contributed by atoms with Crippen molar-refractivity contribution in [3.63, 3.8) is 0 Å². The van der Waals surface area contributed by atoms with E-state index in [0.29, 0.717) is 5.75 Å². The van der Waals surface area contributed by atoms with E-state index in [1.54, 1.807) is 0 Å². The number of amides is 1. The number of unbranched alkanes of at least 4 members (excludes halogenated alkanes) is 1. The van der Waals surface area contributed by atoms with Gasteiger partial charge in [0.2, 0.25) is 5.91 Å². The zero-order chi connectivity index (χ0) is 21.2. The molecule has 1 heterocycles. The summed E-state index contributed by atoms with van der Waals surface area (Å²) in [5.74, 6) is 2.20. The lowest BCUT2D eigenvalue weighted by atomic mass is 10.1. The molecule has 0 aliphatic heterocycles. The van der Waals surface area contributed by atoms with E-state index < -0.39 is 0 Å². The van der Waals surface area contributed by atoms with Gasteiger partial charge in [0, 0.05) is 25.1 Å². The van der Waals surface area contributed by atoms with Crippen LogP contribution in [0, 0.1) is 0 Å². The van der Waals surface area contributed by atoms with Crippen molar-refractivity contribution in [1.29, 1.82) is 0 Å². The summed E-state index contributed by atoms with van der Waals surface area (Å²) in [5.41, 5.74) is 2.13. The van der Waals surface area contributed by atoms with Gasteiger partial charge in [-0.05, 0) is 37.5 Å². The molecular weight excluding hydrogens is 396 g/mol. The van der Waals surface area contributed by atoms with Gasteiger partial charge in [0.1, 0.15) is 5.82 Å². The van der Waals surface area contributed by atoms with Crippen LogP contribution in [0.4, 0.5) is 0 Å². The van der Waals surface area contributed by atoms with Crippen molar-refractivity contribution in [1.82, 2.24) is 20.1 Å². The van der Waals surface area contributed by atoms with Crippen molar-refractivity contribution in [2.24, 2.45) is 0 Å². The zero-order valence-electron chi connectivity index (χ0n) is 17.8. The number of ether oxygens (including phenoxy) is 1. The monoisotopic (exact) mass is 426 g/mol. The van der Waals surface area contributed by atoms with Gasteiger partial charge in [0.05, 0.1) is 18.1 Å².